The standard InChI is InChI=1S/C17H19N3O2S/c1-11-5-6-13(12(2)10-11)16(22)20-8-3-4-14(20)15(21)19-17-18-7-9-23-17/h5-7,9-10,14H,3-4,8H2,1-2H3,(H,18,19,21). The van der Waals surface area contributed by atoms with Gasteiger partial charge in [-0.15, -0.1) is 11.3 Å². The second-order valence-electron chi connectivity index (χ2n) is 5.80. The lowest BCUT2D eigenvalue weighted by molar-refractivity contribution is -0.119. The van der Waals surface area contributed by atoms with E-state index in [9.17, 15) is 9.59 Å². The van der Waals surface area contributed by atoms with E-state index in [2.05, 4.69) is 10.3 Å². The van der Waals surface area contributed by atoms with Gasteiger partial charge >= 0.3 is 0 Å². The van der Waals surface area contributed by atoms with Crippen LogP contribution in [0.5, 0.6) is 0 Å². The summed E-state index contributed by atoms with van der Waals surface area (Å²) in [4.78, 5) is 31.0. The minimum atomic E-state index is -0.424. The molecule has 1 aliphatic rings. The summed E-state index contributed by atoms with van der Waals surface area (Å²) < 4.78 is 0. The summed E-state index contributed by atoms with van der Waals surface area (Å²) in [5.74, 6) is -0.227. The van der Waals surface area contributed by atoms with Crippen LogP contribution in [-0.2, 0) is 4.79 Å². The Balaban J connectivity index is 1.78. The Kier molecular flexibility index (Phi) is 4.43. The number of carbonyl (C=O) groups excluding carboxylic acids is 2. The molecule has 1 unspecified atom stereocenters. The first-order valence-corrected chi connectivity index (χ1v) is 8.53. The highest BCUT2D eigenvalue weighted by Gasteiger charge is 2.35. The molecule has 0 saturated carbocycles. The molecule has 1 atom stereocenters. The Hall–Kier alpha value is -2.21. The van der Waals surface area contributed by atoms with Gasteiger partial charge in [0.15, 0.2) is 5.13 Å². The largest absolute Gasteiger partial charge is 0.327 e. The molecule has 0 aliphatic carbocycles. The normalized spacial score (nSPS) is 17.3. The van der Waals surface area contributed by atoms with Crippen LogP contribution in [0.1, 0.15) is 34.3 Å². The first-order chi connectivity index (χ1) is 11.1. The van der Waals surface area contributed by atoms with E-state index in [0.717, 1.165) is 17.5 Å². The number of hydrogen-bond donors (Lipinski definition) is 1. The number of nitrogens with one attached hydrogen (secondary N) is 1. The van der Waals surface area contributed by atoms with Gasteiger partial charge in [-0.1, -0.05) is 17.7 Å². The molecule has 1 aliphatic heterocycles. The van der Waals surface area contributed by atoms with Crippen LogP contribution >= 0.6 is 11.3 Å². The van der Waals surface area contributed by atoms with E-state index < -0.39 is 6.04 Å². The zero-order chi connectivity index (χ0) is 16.4. The van der Waals surface area contributed by atoms with Crippen LogP contribution in [0.3, 0.4) is 0 Å². The minimum absolute atomic E-state index is 0.0701. The summed E-state index contributed by atoms with van der Waals surface area (Å²) in [7, 11) is 0. The number of thiazole rings is 1. The molecule has 2 aromatic rings. The topological polar surface area (TPSA) is 62.3 Å². The van der Waals surface area contributed by atoms with Crippen molar-refractivity contribution in [2.75, 3.05) is 11.9 Å². The van der Waals surface area contributed by atoms with Gasteiger partial charge in [0, 0.05) is 23.7 Å². The maximum Gasteiger partial charge on any atom is 0.254 e. The Morgan fingerprint density at radius 3 is 2.87 bits per heavy atom. The average molecular weight is 329 g/mol. The molecule has 0 radical (unpaired) electrons. The van der Waals surface area contributed by atoms with Crippen LogP contribution in [0.15, 0.2) is 29.8 Å². The van der Waals surface area contributed by atoms with E-state index >= 15 is 0 Å². The molecule has 1 N–H and O–H groups in total. The third-order valence-corrected chi connectivity index (χ3v) is 4.78. The molecular formula is C17H19N3O2S. The monoisotopic (exact) mass is 329 g/mol. The number of amides is 2. The average Bonchev–Trinajstić information content (AvgIpc) is 3.17. The molecule has 0 bridgehead atoms. The number of benzene rings is 1. The van der Waals surface area contributed by atoms with E-state index in [1.54, 1.807) is 11.1 Å². The van der Waals surface area contributed by atoms with Gasteiger partial charge in [0.05, 0.1) is 0 Å². The van der Waals surface area contributed by atoms with E-state index in [1.165, 1.54) is 11.3 Å². The zero-order valence-electron chi connectivity index (χ0n) is 13.2. The van der Waals surface area contributed by atoms with Gasteiger partial charge in [0.2, 0.25) is 5.91 Å². The highest BCUT2D eigenvalue weighted by molar-refractivity contribution is 7.13. The van der Waals surface area contributed by atoms with E-state index in [-0.39, 0.29) is 11.8 Å². The molecule has 2 amide bonds. The summed E-state index contributed by atoms with van der Waals surface area (Å²) in [6.45, 7) is 4.55. The third kappa shape index (κ3) is 3.27. The zero-order valence-corrected chi connectivity index (χ0v) is 14.0. The number of aryl methyl sites for hydroxylation is 2. The van der Waals surface area contributed by atoms with Crippen molar-refractivity contribution in [3.05, 3.63) is 46.5 Å². The fourth-order valence-electron chi connectivity index (χ4n) is 2.96. The lowest BCUT2D eigenvalue weighted by Gasteiger charge is -2.24. The summed E-state index contributed by atoms with van der Waals surface area (Å²) in [5, 5.41) is 5.18. The van der Waals surface area contributed by atoms with Gasteiger partial charge in [-0.3, -0.25) is 9.59 Å². The Bertz CT molecular complexity index is 727. The number of hydrogen-bond acceptors (Lipinski definition) is 4. The smallest absolute Gasteiger partial charge is 0.254 e. The van der Waals surface area contributed by atoms with Crippen LogP contribution in [-0.4, -0.2) is 34.3 Å². The van der Waals surface area contributed by atoms with Gasteiger partial charge in [-0.2, -0.15) is 0 Å². The molecule has 6 heteroatoms. The quantitative estimate of drug-likeness (QED) is 0.941. The summed E-state index contributed by atoms with van der Waals surface area (Å²) in [5.41, 5.74) is 2.74. The first kappa shape index (κ1) is 15.7. The third-order valence-electron chi connectivity index (χ3n) is 4.09. The van der Waals surface area contributed by atoms with Crippen LogP contribution in [0, 0.1) is 13.8 Å². The number of nitrogens with zero attached hydrogens (tertiary/aromatic N) is 2. The van der Waals surface area contributed by atoms with Gasteiger partial charge in [0.25, 0.3) is 5.91 Å². The maximum absolute atomic E-state index is 12.8. The van der Waals surface area contributed by atoms with Crippen LogP contribution in [0.4, 0.5) is 5.13 Å². The lowest BCUT2D eigenvalue weighted by Crippen LogP contribution is -2.43. The molecular weight excluding hydrogens is 310 g/mol. The van der Waals surface area contributed by atoms with Gasteiger partial charge < -0.3 is 10.2 Å². The van der Waals surface area contributed by atoms with Crippen LogP contribution in [0.25, 0.3) is 0 Å². The van der Waals surface area contributed by atoms with Gasteiger partial charge in [-0.05, 0) is 38.3 Å². The Labute approximate surface area is 139 Å². The molecule has 1 aromatic carbocycles. The summed E-state index contributed by atoms with van der Waals surface area (Å²) >= 11 is 1.37. The van der Waals surface area contributed by atoms with E-state index in [1.807, 2.05) is 37.4 Å². The number of anilines is 1. The van der Waals surface area contributed by atoms with Gasteiger partial charge in [0.1, 0.15) is 6.04 Å². The Morgan fingerprint density at radius 1 is 1.35 bits per heavy atom. The number of carbonyl (C=O) groups is 2. The molecule has 1 fully saturated rings. The molecule has 1 saturated heterocycles. The van der Waals surface area contributed by atoms with Gasteiger partial charge in [-0.25, -0.2) is 4.98 Å². The molecule has 1 aromatic heterocycles. The first-order valence-electron chi connectivity index (χ1n) is 7.65. The predicted octanol–water partition coefficient (Wildman–Crippen LogP) is 3.00. The van der Waals surface area contributed by atoms with Crippen molar-refractivity contribution >= 4 is 28.3 Å². The molecule has 120 valence electrons. The van der Waals surface area contributed by atoms with E-state index in [0.29, 0.717) is 23.7 Å². The molecule has 23 heavy (non-hydrogen) atoms. The van der Waals surface area contributed by atoms with Crippen molar-refractivity contribution in [2.45, 2.75) is 32.7 Å². The molecule has 3 rings (SSSR count). The fourth-order valence-corrected chi connectivity index (χ4v) is 3.50. The molecule has 5 nitrogen and oxygen atoms in total. The fraction of sp³-hybridized carbons (Fsp3) is 0.353. The SMILES string of the molecule is Cc1ccc(C(=O)N2CCCC2C(=O)Nc2nccs2)c(C)c1. The highest BCUT2D eigenvalue weighted by atomic mass is 32.1. The van der Waals surface area contributed by atoms with Crippen LogP contribution < -0.4 is 5.32 Å². The predicted molar refractivity (Wildman–Crippen MR) is 90.7 cm³/mol. The van der Waals surface area contributed by atoms with Crippen molar-refractivity contribution in [2.24, 2.45) is 0 Å². The number of aromatic nitrogens is 1. The summed E-state index contributed by atoms with van der Waals surface area (Å²) in [6.07, 6.45) is 3.17. The summed E-state index contributed by atoms with van der Waals surface area (Å²) in [6, 6.07) is 5.35. The molecule has 0 spiro atoms. The van der Waals surface area contributed by atoms with Crippen molar-refractivity contribution in [1.29, 1.82) is 0 Å². The number of likely N-dealkylation sites (tertiary alicyclic amines) is 1. The van der Waals surface area contributed by atoms with Crippen LogP contribution in [0.2, 0.25) is 0 Å². The highest BCUT2D eigenvalue weighted by Crippen LogP contribution is 2.23. The van der Waals surface area contributed by atoms with Crippen molar-refractivity contribution < 1.29 is 9.59 Å². The second kappa shape index (κ2) is 6.50. The van der Waals surface area contributed by atoms with Crippen molar-refractivity contribution in [1.82, 2.24) is 9.88 Å². The Morgan fingerprint density at radius 2 is 2.17 bits per heavy atom. The second-order valence-corrected chi connectivity index (χ2v) is 6.70. The lowest BCUT2D eigenvalue weighted by atomic mass is 10.0. The molecule has 2 heterocycles. The number of rotatable bonds is 3. The maximum atomic E-state index is 12.8. The van der Waals surface area contributed by atoms with Crippen molar-refractivity contribution in [3.8, 4) is 0 Å². The minimum Gasteiger partial charge on any atom is -0.327 e. The van der Waals surface area contributed by atoms with Crippen molar-refractivity contribution in [3.63, 3.8) is 0 Å². The van der Waals surface area contributed by atoms with E-state index in [4.69, 9.17) is 0 Å².